The van der Waals surface area contributed by atoms with Crippen LogP contribution >= 0.6 is 15.9 Å². The van der Waals surface area contributed by atoms with E-state index in [2.05, 4.69) is 25.5 Å². The van der Waals surface area contributed by atoms with Crippen molar-refractivity contribution >= 4 is 15.9 Å². The third kappa shape index (κ3) is 2.35. The van der Waals surface area contributed by atoms with Crippen LogP contribution in [-0.2, 0) is 13.0 Å². The van der Waals surface area contributed by atoms with Crippen molar-refractivity contribution in [3.63, 3.8) is 0 Å². The van der Waals surface area contributed by atoms with Crippen LogP contribution in [0.5, 0.6) is 5.75 Å². The zero-order valence-corrected chi connectivity index (χ0v) is 12.9. The molecular formula is C15H16BrFN2O. The molecule has 1 aromatic heterocycles. The Bertz CT molecular complexity index is 639. The zero-order chi connectivity index (χ0) is 14.1. The van der Waals surface area contributed by atoms with Crippen LogP contribution in [0.3, 0.4) is 0 Å². The van der Waals surface area contributed by atoms with Gasteiger partial charge in [0.2, 0.25) is 0 Å². The highest BCUT2D eigenvalue weighted by Gasteiger charge is 2.20. The van der Waals surface area contributed by atoms with Crippen LogP contribution in [0.1, 0.15) is 25.5 Å². The van der Waals surface area contributed by atoms with E-state index < -0.39 is 0 Å². The van der Waals surface area contributed by atoms with E-state index >= 15 is 0 Å². The monoisotopic (exact) mass is 338 g/mol. The molecule has 3 rings (SSSR count). The minimum Gasteiger partial charge on any atom is -0.491 e. The predicted molar refractivity (Wildman–Crippen MR) is 79.4 cm³/mol. The van der Waals surface area contributed by atoms with Crippen molar-refractivity contribution in [2.45, 2.75) is 32.7 Å². The number of nitrogens with zero attached hydrogens (tertiary/aromatic N) is 2. The number of fused-ring (bicyclic) bond motifs is 1. The molecule has 0 fully saturated rings. The van der Waals surface area contributed by atoms with Crippen molar-refractivity contribution < 1.29 is 9.13 Å². The molecule has 2 heterocycles. The molecule has 0 N–H and O–H groups in total. The van der Waals surface area contributed by atoms with E-state index in [9.17, 15) is 4.39 Å². The van der Waals surface area contributed by atoms with Crippen LogP contribution in [0.4, 0.5) is 4.39 Å². The van der Waals surface area contributed by atoms with Crippen molar-refractivity contribution in [1.82, 2.24) is 9.55 Å². The lowest BCUT2D eigenvalue weighted by Gasteiger charge is -2.17. The number of benzene rings is 1. The molecule has 0 atom stereocenters. The summed E-state index contributed by atoms with van der Waals surface area (Å²) < 4.78 is 22.3. The Balaban J connectivity index is 2.03. The average molecular weight is 339 g/mol. The summed E-state index contributed by atoms with van der Waals surface area (Å²) in [6, 6.07) is 5.04. The van der Waals surface area contributed by atoms with Gasteiger partial charge in [0.15, 0.2) is 11.6 Å². The van der Waals surface area contributed by atoms with Crippen molar-refractivity contribution in [2.24, 2.45) is 0 Å². The first-order valence-corrected chi connectivity index (χ1v) is 7.67. The highest BCUT2D eigenvalue weighted by atomic mass is 79.9. The van der Waals surface area contributed by atoms with E-state index in [1.54, 1.807) is 6.07 Å². The van der Waals surface area contributed by atoms with Gasteiger partial charge in [-0.2, -0.15) is 0 Å². The van der Waals surface area contributed by atoms with Crippen LogP contribution in [0.15, 0.2) is 22.8 Å². The third-order valence-electron chi connectivity index (χ3n) is 3.56. The highest BCUT2D eigenvalue weighted by molar-refractivity contribution is 9.10. The molecule has 0 amide bonds. The lowest BCUT2D eigenvalue weighted by molar-refractivity contribution is 0.321. The molecule has 0 unspecified atom stereocenters. The molecule has 1 aromatic carbocycles. The van der Waals surface area contributed by atoms with Gasteiger partial charge in [-0.3, -0.25) is 0 Å². The Morgan fingerprint density at radius 2 is 2.25 bits per heavy atom. The van der Waals surface area contributed by atoms with E-state index in [-0.39, 0.29) is 5.82 Å². The van der Waals surface area contributed by atoms with E-state index in [1.165, 1.54) is 18.2 Å². The van der Waals surface area contributed by atoms with Gasteiger partial charge in [0.05, 0.1) is 12.3 Å². The summed E-state index contributed by atoms with van der Waals surface area (Å²) in [6.45, 7) is 3.24. The Labute approximate surface area is 125 Å². The van der Waals surface area contributed by atoms with Gasteiger partial charge < -0.3 is 9.30 Å². The first-order chi connectivity index (χ1) is 9.70. The summed E-state index contributed by atoms with van der Waals surface area (Å²) in [5.41, 5.74) is 2.00. The third-order valence-corrected chi connectivity index (χ3v) is 4.19. The van der Waals surface area contributed by atoms with E-state index in [0.29, 0.717) is 12.4 Å². The van der Waals surface area contributed by atoms with E-state index in [4.69, 9.17) is 4.74 Å². The van der Waals surface area contributed by atoms with E-state index in [1.807, 2.05) is 13.0 Å². The second-order valence-corrected chi connectivity index (χ2v) is 5.61. The average Bonchev–Trinajstić information content (AvgIpc) is 2.79. The summed E-state index contributed by atoms with van der Waals surface area (Å²) >= 11 is 3.51. The molecule has 1 aliphatic heterocycles. The van der Waals surface area contributed by atoms with Gasteiger partial charge in [0.25, 0.3) is 0 Å². The second-order valence-electron chi connectivity index (χ2n) is 4.86. The van der Waals surface area contributed by atoms with E-state index in [0.717, 1.165) is 35.4 Å². The molecule has 5 heteroatoms. The van der Waals surface area contributed by atoms with Gasteiger partial charge in [-0.05, 0) is 60.3 Å². The first kappa shape index (κ1) is 13.6. The number of hydrogen-bond acceptors (Lipinski definition) is 2. The molecule has 0 aliphatic carbocycles. The molecular weight excluding hydrogens is 323 g/mol. The lowest BCUT2D eigenvalue weighted by atomic mass is 10.1. The number of ether oxygens (including phenoxy) is 1. The maximum Gasteiger partial charge on any atom is 0.165 e. The van der Waals surface area contributed by atoms with Crippen molar-refractivity contribution in [3.8, 4) is 17.1 Å². The fourth-order valence-corrected chi connectivity index (χ4v) is 3.21. The first-order valence-electron chi connectivity index (χ1n) is 6.88. The molecule has 106 valence electrons. The Hall–Kier alpha value is -1.36. The molecule has 0 bridgehead atoms. The molecule has 0 saturated carbocycles. The smallest absolute Gasteiger partial charge is 0.165 e. The van der Waals surface area contributed by atoms with Gasteiger partial charge in [-0.15, -0.1) is 0 Å². The topological polar surface area (TPSA) is 27.1 Å². The van der Waals surface area contributed by atoms with Crippen molar-refractivity contribution in [2.75, 3.05) is 6.61 Å². The number of aromatic nitrogens is 2. The zero-order valence-electron chi connectivity index (χ0n) is 11.3. The molecule has 0 saturated heterocycles. The van der Waals surface area contributed by atoms with Gasteiger partial charge >= 0.3 is 0 Å². The van der Waals surface area contributed by atoms with Crippen LogP contribution < -0.4 is 4.74 Å². The van der Waals surface area contributed by atoms with Crippen LogP contribution in [0.25, 0.3) is 11.4 Å². The summed E-state index contributed by atoms with van der Waals surface area (Å²) in [5.74, 6) is 0.780. The van der Waals surface area contributed by atoms with Gasteiger partial charge in [-0.25, -0.2) is 9.37 Å². The maximum absolute atomic E-state index is 14.0. The molecule has 3 nitrogen and oxygen atoms in total. The van der Waals surface area contributed by atoms with Crippen LogP contribution in [0.2, 0.25) is 0 Å². The van der Waals surface area contributed by atoms with Gasteiger partial charge in [0, 0.05) is 12.1 Å². The molecule has 2 aromatic rings. The summed E-state index contributed by atoms with van der Waals surface area (Å²) in [6.07, 6.45) is 3.34. The van der Waals surface area contributed by atoms with Gasteiger partial charge in [0.1, 0.15) is 10.4 Å². The molecule has 1 aliphatic rings. The molecule has 0 radical (unpaired) electrons. The quantitative estimate of drug-likeness (QED) is 0.839. The number of rotatable bonds is 3. The largest absolute Gasteiger partial charge is 0.491 e. The minimum absolute atomic E-state index is 0.292. The Kier molecular flexibility index (Phi) is 3.78. The fraction of sp³-hybridized carbons (Fsp3) is 0.400. The normalized spacial score (nSPS) is 14.2. The standard InChI is InChI=1S/C15H16BrFN2O/c1-2-20-13-7-6-10(9-11(13)17)15-18-14(16)12-5-3-4-8-19(12)15/h6-7,9H,2-5,8H2,1H3. The molecule has 0 spiro atoms. The summed E-state index contributed by atoms with van der Waals surface area (Å²) in [7, 11) is 0. The fourth-order valence-electron chi connectivity index (χ4n) is 2.63. The van der Waals surface area contributed by atoms with Gasteiger partial charge in [-0.1, -0.05) is 0 Å². The number of hydrogen-bond donors (Lipinski definition) is 0. The maximum atomic E-state index is 14.0. The van der Waals surface area contributed by atoms with Crippen LogP contribution in [-0.4, -0.2) is 16.2 Å². The number of halogens is 2. The second kappa shape index (κ2) is 5.56. The Morgan fingerprint density at radius 3 is 3.00 bits per heavy atom. The van der Waals surface area contributed by atoms with Crippen LogP contribution in [0, 0.1) is 5.82 Å². The van der Waals surface area contributed by atoms with Crippen molar-refractivity contribution in [3.05, 3.63) is 34.3 Å². The number of imidazole rings is 1. The molecule has 20 heavy (non-hydrogen) atoms. The summed E-state index contributed by atoms with van der Waals surface area (Å²) in [4.78, 5) is 4.55. The van der Waals surface area contributed by atoms with Crippen molar-refractivity contribution in [1.29, 1.82) is 0 Å². The predicted octanol–water partition coefficient (Wildman–Crippen LogP) is 4.19. The summed E-state index contributed by atoms with van der Waals surface area (Å²) in [5, 5.41) is 0. The SMILES string of the molecule is CCOc1ccc(-c2nc(Br)c3n2CCCC3)cc1F. The highest BCUT2D eigenvalue weighted by Crippen LogP contribution is 2.32. The lowest BCUT2D eigenvalue weighted by Crippen LogP contribution is -2.11. The minimum atomic E-state index is -0.339. The Morgan fingerprint density at radius 1 is 1.40 bits per heavy atom.